The van der Waals surface area contributed by atoms with Crippen LogP contribution in [0.4, 0.5) is 0 Å². The van der Waals surface area contributed by atoms with Gasteiger partial charge in [-0.2, -0.15) is 0 Å². The number of ether oxygens (including phenoxy) is 1. The molecule has 1 aliphatic carbocycles. The molecule has 1 fully saturated rings. The average Bonchev–Trinajstić information content (AvgIpc) is 2.76. The Bertz CT molecular complexity index is 450. The van der Waals surface area contributed by atoms with Crippen LogP contribution < -0.4 is 5.32 Å². The summed E-state index contributed by atoms with van der Waals surface area (Å²) in [5.74, 6) is -0.368. The van der Waals surface area contributed by atoms with E-state index in [0.717, 1.165) is 19.3 Å². The van der Waals surface area contributed by atoms with Gasteiger partial charge in [-0.25, -0.2) is 0 Å². The lowest BCUT2D eigenvalue weighted by Crippen LogP contribution is -2.33. The number of nitrogens with one attached hydrogen (secondary N) is 1. The molecule has 5 heteroatoms. The molecule has 0 saturated heterocycles. The van der Waals surface area contributed by atoms with E-state index in [4.69, 9.17) is 16.3 Å². The van der Waals surface area contributed by atoms with Crippen LogP contribution in [0.2, 0.25) is 5.02 Å². The van der Waals surface area contributed by atoms with Crippen LogP contribution in [-0.2, 0) is 4.74 Å². The van der Waals surface area contributed by atoms with Gasteiger partial charge in [0.05, 0.1) is 11.7 Å². The summed E-state index contributed by atoms with van der Waals surface area (Å²) in [6.45, 7) is 0. The zero-order chi connectivity index (χ0) is 13.1. The topological polar surface area (TPSA) is 58.6 Å². The lowest BCUT2D eigenvalue weighted by atomic mass is 10.1. The summed E-state index contributed by atoms with van der Waals surface area (Å²) in [7, 11) is 1.68. The molecule has 2 atom stereocenters. The van der Waals surface area contributed by atoms with Crippen LogP contribution in [0.5, 0.6) is 5.75 Å². The van der Waals surface area contributed by atoms with Crippen LogP contribution >= 0.6 is 11.6 Å². The van der Waals surface area contributed by atoms with Crippen molar-refractivity contribution in [1.29, 1.82) is 0 Å². The van der Waals surface area contributed by atoms with E-state index in [0.29, 0.717) is 5.02 Å². The third-order valence-corrected chi connectivity index (χ3v) is 3.49. The minimum Gasteiger partial charge on any atom is -0.507 e. The number of hydrogen-bond acceptors (Lipinski definition) is 3. The van der Waals surface area contributed by atoms with Crippen molar-refractivity contribution < 1.29 is 14.6 Å². The van der Waals surface area contributed by atoms with E-state index in [1.54, 1.807) is 13.2 Å². The number of phenols is 1. The Hall–Kier alpha value is -1.26. The first-order chi connectivity index (χ1) is 8.60. The van der Waals surface area contributed by atoms with Crippen molar-refractivity contribution in [2.24, 2.45) is 0 Å². The Morgan fingerprint density at radius 1 is 1.50 bits per heavy atom. The van der Waals surface area contributed by atoms with Gasteiger partial charge in [0.15, 0.2) is 0 Å². The fourth-order valence-corrected chi connectivity index (χ4v) is 2.41. The molecule has 1 aromatic rings. The van der Waals surface area contributed by atoms with Gasteiger partial charge in [0.25, 0.3) is 5.91 Å². The quantitative estimate of drug-likeness (QED) is 0.886. The van der Waals surface area contributed by atoms with Crippen LogP contribution in [0.1, 0.15) is 29.6 Å². The molecule has 1 amide bonds. The second kappa shape index (κ2) is 5.59. The maximum Gasteiger partial charge on any atom is 0.255 e. The predicted molar refractivity (Wildman–Crippen MR) is 69.0 cm³/mol. The summed E-state index contributed by atoms with van der Waals surface area (Å²) in [6.07, 6.45) is 2.89. The molecule has 1 aliphatic rings. The SMILES string of the molecule is COC1CCC(NC(=O)c2ccc(Cl)cc2O)C1. The number of rotatable bonds is 3. The number of methoxy groups -OCH3 is 1. The molecule has 1 aromatic carbocycles. The van der Waals surface area contributed by atoms with E-state index >= 15 is 0 Å². The Morgan fingerprint density at radius 2 is 2.28 bits per heavy atom. The zero-order valence-electron chi connectivity index (χ0n) is 10.1. The van der Waals surface area contributed by atoms with E-state index in [9.17, 15) is 9.90 Å². The number of halogens is 1. The number of carbonyl (C=O) groups is 1. The maximum absolute atomic E-state index is 12.0. The van der Waals surface area contributed by atoms with Gasteiger partial charge in [-0.15, -0.1) is 0 Å². The molecule has 0 heterocycles. The smallest absolute Gasteiger partial charge is 0.255 e. The van der Waals surface area contributed by atoms with Crippen molar-refractivity contribution in [1.82, 2.24) is 5.32 Å². The molecule has 0 spiro atoms. The Labute approximate surface area is 111 Å². The van der Waals surface area contributed by atoms with Gasteiger partial charge in [0.1, 0.15) is 5.75 Å². The monoisotopic (exact) mass is 269 g/mol. The molecule has 0 aliphatic heterocycles. The number of carbonyl (C=O) groups excluding carboxylic acids is 1. The standard InChI is InChI=1S/C13H16ClNO3/c1-18-10-4-3-9(7-10)15-13(17)11-5-2-8(14)6-12(11)16/h2,5-6,9-10,16H,3-4,7H2,1H3,(H,15,17). The summed E-state index contributed by atoms with van der Waals surface area (Å²) in [5, 5.41) is 13.0. The van der Waals surface area contributed by atoms with E-state index < -0.39 is 0 Å². The van der Waals surface area contributed by atoms with Gasteiger partial charge < -0.3 is 15.2 Å². The first kappa shape index (κ1) is 13.2. The first-order valence-corrected chi connectivity index (χ1v) is 6.30. The predicted octanol–water partition coefficient (Wildman–Crippen LogP) is 2.34. The molecule has 0 aromatic heterocycles. The van der Waals surface area contributed by atoms with E-state index in [2.05, 4.69) is 5.32 Å². The first-order valence-electron chi connectivity index (χ1n) is 5.92. The summed E-state index contributed by atoms with van der Waals surface area (Å²) < 4.78 is 5.25. The highest BCUT2D eigenvalue weighted by Crippen LogP contribution is 2.24. The van der Waals surface area contributed by atoms with Crippen LogP contribution in [0.3, 0.4) is 0 Å². The molecular formula is C13H16ClNO3. The largest absolute Gasteiger partial charge is 0.507 e. The number of hydrogen-bond donors (Lipinski definition) is 2. The van der Waals surface area contributed by atoms with E-state index in [1.807, 2.05) is 0 Å². The highest BCUT2D eigenvalue weighted by atomic mass is 35.5. The zero-order valence-corrected chi connectivity index (χ0v) is 10.9. The number of phenolic OH excluding ortho intramolecular Hbond substituents is 1. The third-order valence-electron chi connectivity index (χ3n) is 3.26. The second-order valence-electron chi connectivity index (χ2n) is 4.50. The number of aromatic hydroxyl groups is 1. The van der Waals surface area contributed by atoms with Crippen molar-refractivity contribution in [3.05, 3.63) is 28.8 Å². The summed E-state index contributed by atoms with van der Waals surface area (Å²) in [6, 6.07) is 4.58. The molecule has 2 rings (SSSR count). The normalized spacial score (nSPS) is 23.0. The molecule has 0 bridgehead atoms. The van der Waals surface area contributed by atoms with Gasteiger partial charge in [-0.1, -0.05) is 11.6 Å². The number of benzene rings is 1. The highest BCUT2D eigenvalue weighted by Gasteiger charge is 2.26. The minimum absolute atomic E-state index is 0.0960. The van der Waals surface area contributed by atoms with Crippen LogP contribution in [0.25, 0.3) is 0 Å². The van der Waals surface area contributed by atoms with E-state index in [-0.39, 0.29) is 29.4 Å². The van der Waals surface area contributed by atoms with Gasteiger partial charge in [-0.3, -0.25) is 4.79 Å². The molecule has 98 valence electrons. The fraction of sp³-hybridized carbons (Fsp3) is 0.462. The van der Waals surface area contributed by atoms with Gasteiger partial charge in [0.2, 0.25) is 0 Å². The van der Waals surface area contributed by atoms with Gasteiger partial charge >= 0.3 is 0 Å². The van der Waals surface area contributed by atoms with Crippen molar-refractivity contribution in [3.8, 4) is 5.75 Å². The van der Waals surface area contributed by atoms with Crippen LogP contribution in [0, 0.1) is 0 Å². The van der Waals surface area contributed by atoms with Crippen molar-refractivity contribution in [3.63, 3.8) is 0 Å². The molecule has 2 N–H and O–H groups in total. The van der Waals surface area contributed by atoms with Crippen molar-refractivity contribution >= 4 is 17.5 Å². The van der Waals surface area contributed by atoms with Crippen molar-refractivity contribution in [2.45, 2.75) is 31.4 Å². The van der Waals surface area contributed by atoms with Crippen LogP contribution in [-0.4, -0.2) is 30.3 Å². The second-order valence-corrected chi connectivity index (χ2v) is 4.94. The summed E-state index contributed by atoms with van der Waals surface area (Å²) in [5.41, 5.74) is 0.250. The number of amides is 1. The lowest BCUT2D eigenvalue weighted by Gasteiger charge is -2.13. The van der Waals surface area contributed by atoms with Gasteiger partial charge in [0, 0.05) is 18.2 Å². The maximum atomic E-state index is 12.0. The third kappa shape index (κ3) is 2.94. The fourth-order valence-electron chi connectivity index (χ4n) is 2.25. The molecular weight excluding hydrogens is 254 g/mol. The molecule has 1 saturated carbocycles. The lowest BCUT2D eigenvalue weighted by molar-refractivity contribution is 0.0912. The molecule has 2 unspecified atom stereocenters. The van der Waals surface area contributed by atoms with Crippen LogP contribution in [0.15, 0.2) is 18.2 Å². The summed E-state index contributed by atoms with van der Waals surface area (Å²) in [4.78, 5) is 12.0. The average molecular weight is 270 g/mol. The van der Waals surface area contributed by atoms with Crippen molar-refractivity contribution in [2.75, 3.05) is 7.11 Å². The molecule has 18 heavy (non-hydrogen) atoms. The Kier molecular flexibility index (Phi) is 4.09. The molecule has 0 radical (unpaired) electrons. The van der Waals surface area contributed by atoms with Gasteiger partial charge in [-0.05, 0) is 37.5 Å². The van der Waals surface area contributed by atoms with E-state index in [1.165, 1.54) is 12.1 Å². The summed E-state index contributed by atoms with van der Waals surface area (Å²) >= 11 is 5.72. The Morgan fingerprint density at radius 3 is 2.89 bits per heavy atom. The molecule has 4 nitrogen and oxygen atoms in total. The highest BCUT2D eigenvalue weighted by molar-refractivity contribution is 6.30. The minimum atomic E-state index is -0.272. The Balaban J connectivity index is 2.00.